The van der Waals surface area contributed by atoms with Gasteiger partial charge in [-0.05, 0) is 34.6 Å². The Bertz CT molecular complexity index is 256. The lowest BCUT2D eigenvalue weighted by Gasteiger charge is -2.29. The van der Waals surface area contributed by atoms with E-state index in [-0.39, 0.29) is 12.1 Å². The van der Waals surface area contributed by atoms with Crippen LogP contribution in [0, 0.1) is 0 Å². The smallest absolute Gasteiger partial charge is 0.410 e. The first-order chi connectivity index (χ1) is 7.13. The van der Waals surface area contributed by atoms with Crippen molar-refractivity contribution in [3.05, 3.63) is 12.3 Å². The molecule has 0 aliphatic heterocycles. The molecule has 1 unspecified atom stereocenters. The molecule has 0 aliphatic carbocycles. The van der Waals surface area contributed by atoms with Crippen LogP contribution >= 0.6 is 0 Å². The van der Waals surface area contributed by atoms with Crippen LogP contribution in [-0.4, -0.2) is 36.2 Å². The van der Waals surface area contributed by atoms with Crippen molar-refractivity contribution in [2.24, 2.45) is 0 Å². The summed E-state index contributed by atoms with van der Waals surface area (Å²) in [6.45, 7) is 13.8. The molecule has 0 radical (unpaired) electrons. The number of hydrogen-bond donors (Lipinski definition) is 1. The van der Waals surface area contributed by atoms with Crippen LogP contribution in [0.4, 0.5) is 4.79 Å². The van der Waals surface area contributed by atoms with Gasteiger partial charge in [0, 0.05) is 25.3 Å². The molecule has 1 amide bonds. The van der Waals surface area contributed by atoms with Crippen molar-refractivity contribution in [3.8, 4) is 0 Å². The lowest BCUT2D eigenvalue weighted by molar-refractivity contribution is 0.0237. The van der Waals surface area contributed by atoms with Crippen molar-refractivity contribution < 1.29 is 9.53 Å². The van der Waals surface area contributed by atoms with Crippen LogP contribution in [0.3, 0.4) is 0 Å². The molecule has 1 N–H and O–H groups in total. The third-order valence-corrected chi connectivity index (χ3v) is 2.04. The number of rotatable bonds is 4. The van der Waals surface area contributed by atoms with Crippen molar-refractivity contribution in [3.63, 3.8) is 0 Å². The van der Waals surface area contributed by atoms with E-state index in [0.717, 1.165) is 5.70 Å². The van der Waals surface area contributed by atoms with Crippen molar-refractivity contribution in [1.82, 2.24) is 10.2 Å². The number of hydrogen-bond acceptors (Lipinski definition) is 3. The average Bonchev–Trinajstić information content (AvgIpc) is 2.10. The molecule has 0 saturated heterocycles. The number of amides is 1. The van der Waals surface area contributed by atoms with Gasteiger partial charge in [-0.3, -0.25) is 0 Å². The second-order valence-corrected chi connectivity index (χ2v) is 5.10. The molecule has 4 nitrogen and oxygen atoms in total. The van der Waals surface area contributed by atoms with E-state index in [1.807, 2.05) is 34.6 Å². The van der Waals surface area contributed by atoms with E-state index in [9.17, 15) is 4.79 Å². The highest BCUT2D eigenvalue weighted by Gasteiger charge is 2.22. The second kappa shape index (κ2) is 5.77. The Morgan fingerprint density at radius 2 is 2.00 bits per heavy atom. The standard InChI is InChI=1S/C12H24N2O2/c1-9(2)13-8-10(3)14(7)11(15)16-12(4,5)6/h10,13H,1,8H2,2-7H3. The summed E-state index contributed by atoms with van der Waals surface area (Å²) in [6, 6.07) is 0.0616. The summed E-state index contributed by atoms with van der Waals surface area (Å²) in [5, 5.41) is 3.10. The largest absolute Gasteiger partial charge is 0.444 e. The minimum absolute atomic E-state index is 0.0616. The van der Waals surface area contributed by atoms with Crippen LogP contribution in [0.1, 0.15) is 34.6 Å². The first-order valence-electron chi connectivity index (χ1n) is 5.48. The van der Waals surface area contributed by atoms with Gasteiger partial charge in [-0.1, -0.05) is 6.58 Å². The number of nitrogens with one attached hydrogen (secondary N) is 1. The first kappa shape index (κ1) is 14.8. The van der Waals surface area contributed by atoms with E-state index in [1.165, 1.54) is 0 Å². The molecule has 1 atom stereocenters. The molecule has 0 rings (SSSR count). The predicted octanol–water partition coefficient (Wildman–Crippen LogP) is 2.37. The molecule has 0 bridgehead atoms. The summed E-state index contributed by atoms with van der Waals surface area (Å²) in [5.41, 5.74) is 0.441. The fraction of sp³-hybridized carbons (Fsp3) is 0.750. The summed E-state index contributed by atoms with van der Waals surface area (Å²) >= 11 is 0. The first-order valence-corrected chi connectivity index (χ1v) is 5.48. The van der Waals surface area contributed by atoms with Gasteiger partial charge in [0.1, 0.15) is 5.60 Å². The van der Waals surface area contributed by atoms with Crippen molar-refractivity contribution in [2.45, 2.75) is 46.3 Å². The Kier molecular flexibility index (Phi) is 5.35. The molecule has 0 aromatic heterocycles. The van der Waals surface area contributed by atoms with E-state index in [2.05, 4.69) is 11.9 Å². The van der Waals surface area contributed by atoms with Gasteiger partial charge >= 0.3 is 6.09 Å². The number of likely N-dealkylation sites (N-methyl/N-ethyl adjacent to an activating group) is 1. The lowest BCUT2D eigenvalue weighted by Crippen LogP contribution is -2.43. The monoisotopic (exact) mass is 228 g/mol. The summed E-state index contributed by atoms with van der Waals surface area (Å²) in [4.78, 5) is 13.3. The maximum Gasteiger partial charge on any atom is 0.410 e. The predicted molar refractivity (Wildman–Crippen MR) is 66.3 cm³/mol. The van der Waals surface area contributed by atoms with Crippen LogP contribution in [0.2, 0.25) is 0 Å². The van der Waals surface area contributed by atoms with Crippen LogP contribution in [0.25, 0.3) is 0 Å². The van der Waals surface area contributed by atoms with E-state index < -0.39 is 5.60 Å². The summed E-state index contributed by atoms with van der Waals surface area (Å²) in [5.74, 6) is 0. The molecule has 0 fully saturated rings. The van der Waals surface area contributed by atoms with Gasteiger partial charge in [-0.25, -0.2) is 4.79 Å². The van der Waals surface area contributed by atoms with E-state index in [4.69, 9.17) is 4.74 Å². The van der Waals surface area contributed by atoms with E-state index >= 15 is 0 Å². The van der Waals surface area contributed by atoms with Crippen LogP contribution in [-0.2, 0) is 4.74 Å². The normalized spacial score (nSPS) is 12.9. The lowest BCUT2D eigenvalue weighted by atomic mass is 10.2. The van der Waals surface area contributed by atoms with Crippen LogP contribution in [0.15, 0.2) is 12.3 Å². The molecule has 0 aliphatic rings. The quantitative estimate of drug-likeness (QED) is 0.803. The average molecular weight is 228 g/mol. The number of carbonyl (C=O) groups is 1. The van der Waals surface area contributed by atoms with Gasteiger partial charge in [0.05, 0.1) is 0 Å². The number of carbonyl (C=O) groups excluding carboxylic acids is 1. The maximum absolute atomic E-state index is 11.7. The molecule has 4 heteroatoms. The Labute approximate surface area is 98.6 Å². The van der Waals surface area contributed by atoms with Crippen LogP contribution in [0.5, 0.6) is 0 Å². The number of nitrogens with zero attached hydrogens (tertiary/aromatic N) is 1. The fourth-order valence-electron chi connectivity index (χ4n) is 0.973. The van der Waals surface area contributed by atoms with Crippen molar-refractivity contribution >= 4 is 6.09 Å². The maximum atomic E-state index is 11.7. The zero-order chi connectivity index (χ0) is 12.9. The summed E-state index contributed by atoms with van der Waals surface area (Å²) in [7, 11) is 1.73. The van der Waals surface area contributed by atoms with Gasteiger partial charge in [0.15, 0.2) is 0 Å². The minimum atomic E-state index is -0.452. The van der Waals surface area contributed by atoms with Gasteiger partial charge in [-0.15, -0.1) is 0 Å². The molecule has 0 aromatic carbocycles. The second-order valence-electron chi connectivity index (χ2n) is 5.10. The molecule has 0 saturated carbocycles. The molecular weight excluding hydrogens is 204 g/mol. The Morgan fingerprint density at radius 1 is 1.50 bits per heavy atom. The molecule has 0 heterocycles. The van der Waals surface area contributed by atoms with Gasteiger partial charge < -0.3 is 15.0 Å². The molecule has 16 heavy (non-hydrogen) atoms. The number of ether oxygens (including phenoxy) is 1. The van der Waals surface area contributed by atoms with E-state index in [0.29, 0.717) is 6.54 Å². The molecular formula is C12H24N2O2. The zero-order valence-corrected chi connectivity index (χ0v) is 11.3. The zero-order valence-electron chi connectivity index (χ0n) is 11.3. The van der Waals surface area contributed by atoms with Gasteiger partial charge in [0.25, 0.3) is 0 Å². The Balaban J connectivity index is 4.16. The Morgan fingerprint density at radius 3 is 2.38 bits per heavy atom. The Hall–Kier alpha value is -1.19. The van der Waals surface area contributed by atoms with Crippen molar-refractivity contribution in [2.75, 3.05) is 13.6 Å². The molecule has 0 spiro atoms. The SMILES string of the molecule is C=C(C)NCC(C)N(C)C(=O)OC(C)(C)C. The van der Waals surface area contributed by atoms with Crippen molar-refractivity contribution in [1.29, 1.82) is 0 Å². The topological polar surface area (TPSA) is 41.6 Å². The number of allylic oxidation sites excluding steroid dienone is 1. The fourth-order valence-corrected chi connectivity index (χ4v) is 0.973. The molecule has 0 aromatic rings. The summed E-state index contributed by atoms with van der Waals surface area (Å²) in [6.07, 6.45) is -0.302. The highest BCUT2D eigenvalue weighted by molar-refractivity contribution is 5.68. The van der Waals surface area contributed by atoms with Gasteiger partial charge in [-0.2, -0.15) is 0 Å². The third kappa shape index (κ3) is 6.32. The van der Waals surface area contributed by atoms with Crippen LogP contribution < -0.4 is 5.32 Å². The summed E-state index contributed by atoms with van der Waals surface area (Å²) < 4.78 is 5.26. The highest BCUT2D eigenvalue weighted by atomic mass is 16.6. The van der Waals surface area contributed by atoms with Gasteiger partial charge in [0.2, 0.25) is 0 Å². The van der Waals surface area contributed by atoms with E-state index in [1.54, 1.807) is 11.9 Å². The molecule has 94 valence electrons. The minimum Gasteiger partial charge on any atom is -0.444 e. The highest BCUT2D eigenvalue weighted by Crippen LogP contribution is 2.10. The third-order valence-electron chi connectivity index (χ3n) is 2.04.